The Kier molecular flexibility index (Phi) is 11.0. The summed E-state index contributed by atoms with van der Waals surface area (Å²) in [6.07, 6.45) is 7.49. The van der Waals surface area contributed by atoms with E-state index in [9.17, 15) is 4.79 Å². The molecule has 8 heteroatoms. The van der Waals surface area contributed by atoms with E-state index in [1.807, 2.05) is 43.3 Å². The van der Waals surface area contributed by atoms with Gasteiger partial charge >= 0.3 is 0 Å². The highest BCUT2D eigenvalue weighted by Gasteiger charge is 2.35. The number of likely N-dealkylation sites (tertiary alicyclic amines) is 1. The second kappa shape index (κ2) is 11.2. The first-order valence-electron chi connectivity index (χ1n) is 8.04. The van der Waals surface area contributed by atoms with E-state index in [0.29, 0.717) is 19.7 Å². The normalized spacial score (nSPS) is 16.6. The summed E-state index contributed by atoms with van der Waals surface area (Å²) in [5, 5.41) is 0. The Morgan fingerprint density at radius 3 is 2.60 bits per heavy atom. The molecular formula is C17H29Cl2N3O2S. The van der Waals surface area contributed by atoms with Crippen LogP contribution in [0.4, 0.5) is 0 Å². The third-order valence-corrected chi connectivity index (χ3v) is 5.81. The van der Waals surface area contributed by atoms with E-state index in [0.717, 1.165) is 18.4 Å². The number of nitrogens with zero attached hydrogens (tertiary/aromatic N) is 2. The minimum atomic E-state index is -0.467. The fourth-order valence-corrected chi connectivity index (χ4v) is 2.92. The van der Waals surface area contributed by atoms with E-state index in [-0.39, 0.29) is 41.6 Å². The zero-order chi connectivity index (χ0) is 16.9. The molecule has 1 fully saturated rings. The number of amides is 1. The molecule has 1 aromatic rings. The lowest BCUT2D eigenvalue weighted by Gasteiger charge is -2.37. The summed E-state index contributed by atoms with van der Waals surface area (Å²) < 4.78 is 5.69. The van der Waals surface area contributed by atoms with Crippen LogP contribution in [0.2, 0.25) is 0 Å². The maximum atomic E-state index is 12.5. The molecule has 0 aromatic carbocycles. The van der Waals surface area contributed by atoms with Gasteiger partial charge in [-0.25, -0.2) is 0 Å². The summed E-state index contributed by atoms with van der Waals surface area (Å²) in [6, 6.07) is 3.45. The highest BCUT2D eigenvalue weighted by atomic mass is 35.5. The van der Waals surface area contributed by atoms with Gasteiger partial charge in [0.25, 0.3) is 0 Å². The Balaban J connectivity index is 0.00000288. The molecule has 0 unspecified atom stereocenters. The van der Waals surface area contributed by atoms with Gasteiger partial charge in [0.2, 0.25) is 5.91 Å². The van der Waals surface area contributed by atoms with Gasteiger partial charge in [0.1, 0.15) is 0 Å². The number of halogens is 2. The third kappa shape index (κ3) is 6.94. The highest BCUT2D eigenvalue weighted by molar-refractivity contribution is 8.00. The number of aromatic nitrogens is 1. The van der Waals surface area contributed by atoms with Crippen molar-refractivity contribution in [2.24, 2.45) is 5.73 Å². The molecule has 1 aliphatic rings. The Morgan fingerprint density at radius 2 is 2.08 bits per heavy atom. The van der Waals surface area contributed by atoms with Crippen molar-refractivity contribution in [3.05, 3.63) is 30.1 Å². The number of piperidine rings is 1. The Hall–Kier alpha value is -0.530. The number of carbonyl (C=O) groups is 1. The summed E-state index contributed by atoms with van der Waals surface area (Å²) in [5.74, 6) is 0.0510. The predicted molar refractivity (Wildman–Crippen MR) is 109 cm³/mol. The molecule has 0 radical (unpaired) electrons. The topological polar surface area (TPSA) is 68.5 Å². The van der Waals surface area contributed by atoms with Crippen molar-refractivity contribution in [3.8, 4) is 0 Å². The van der Waals surface area contributed by atoms with Crippen LogP contribution in [-0.2, 0) is 16.1 Å². The largest absolute Gasteiger partial charge is 0.373 e. The van der Waals surface area contributed by atoms with Crippen LogP contribution in [0.1, 0.15) is 32.3 Å². The van der Waals surface area contributed by atoms with Crippen LogP contribution in [-0.4, -0.2) is 52.0 Å². The van der Waals surface area contributed by atoms with Gasteiger partial charge in [0.15, 0.2) is 0 Å². The van der Waals surface area contributed by atoms with Crippen molar-refractivity contribution in [3.63, 3.8) is 0 Å². The second-order valence-corrected chi connectivity index (χ2v) is 7.94. The fourth-order valence-electron chi connectivity index (χ4n) is 2.56. The number of hydrogen-bond acceptors (Lipinski definition) is 5. The molecule has 1 aromatic heterocycles. The molecule has 2 rings (SSSR count). The van der Waals surface area contributed by atoms with Crippen LogP contribution in [0.25, 0.3) is 0 Å². The first-order chi connectivity index (χ1) is 10.9. The summed E-state index contributed by atoms with van der Waals surface area (Å²) in [7, 11) is 0. The average molecular weight is 410 g/mol. The molecule has 0 saturated carbocycles. The first kappa shape index (κ1) is 24.5. The molecule has 0 bridgehead atoms. The van der Waals surface area contributed by atoms with Crippen molar-refractivity contribution >= 4 is 42.5 Å². The number of carbonyl (C=O) groups excluding carboxylic acids is 1. The molecule has 5 nitrogen and oxygen atoms in total. The number of ether oxygens (including phenoxy) is 1. The number of thioether (sulfide) groups is 1. The Bertz CT molecular complexity index is 512. The molecule has 0 spiro atoms. The Morgan fingerprint density at radius 1 is 1.44 bits per heavy atom. The lowest BCUT2D eigenvalue weighted by atomic mass is 10.0. The second-order valence-electron chi connectivity index (χ2n) is 6.48. The molecule has 144 valence electrons. The van der Waals surface area contributed by atoms with Crippen molar-refractivity contribution in [1.29, 1.82) is 0 Å². The van der Waals surface area contributed by atoms with Crippen LogP contribution < -0.4 is 5.73 Å². The van der Waals surface area contributed by atoms with Crippen molar-refractivity contribution in [2.45, 2.75) is 50.2 Å². The summed E-state index contributed by atoms with van der Waals surface area (Å²) in [5.41, 5.74) is 7.23. The zero-order valence-electron chi connectivity index (χ0n) is 15.0. The quantitative estimate of drug-likeness (QED) is 0.781. The summed E-state index contributed by atoms with van der Waals surface area (Å²) in [6.45, 7) is 6.04. The molecule has 25 heavy (non-hydrogen) atoms. The maximum absolute atomic E-state index is 12.5. The maximum Gasteiger partial charge on any atom is 0.240 e. The van der Waals surface area contributed by atoms with Crippen LogP contribution in [0.15, 0.2) is 24.5 Å². The smallest absolute Gasteiger partial charge is 0.240 e. The molecule has 2 N–H and O–H groups in total. The summed E-state index contributed by atoms with van der Waals surface area (Å²) in [4.78, 5) is 18.5. The van der Waals surface area contributed by atoms with Gasteiger partial charge in [0.05, 0.1) is 18.8 Å². The van der Waals surface area contributed by atoms with E-state index in [4.69, 9.17) is 10.5 Å². The van der Waals surface area contributed by atoms with Gasteiger partial charge < -0.3 is 15.4 Å². The molecule has 1 saturated heterocycles. The Labute approximate surface area is 167 Å². The molecule has 1 atom stereocenters. The van der Waals surface area contributed by atoms with Crippen LogP contribution in [0, 0.1) is 0 Å². The van der Waals surface area contributed by atoms with Gasteiger partial charge in [-0.2, -0.15) is 11.8 Å². The highest BCUT2D eigenvalue weighted by Crippen LogP contribution is 2.26. The van der Waals surface area contributed by atoms with Crippen LogP contribution >= 0.6 is 36.6 Å². The number of nitrogens with two attached hydrogens (primary N) is 1. The lowest BCUT2D eigenvalue weighted by molar-refractivity contribution is -0.136. The van der Waals surface area contributed by atoms with Gasteiger partial charge in [-0.3, -0.25) is 9.78 Å². The molecular weight excluding hydrogens is 381 g/mol. The van der Waals surface area contributed by atoms with E-state index in [1.165, 1.54) is 0 Å². The van der Waals surface area contributed by atoms with E-state index >= 15 is 0 Å². The minimum Gasteiger partial charge on any atom is -0.373 e. The van der Waals surface area contributed by atoms with Gasteiger partial charge in [-0.1, -0.05) is 6.07 Å². The fraction of sp³-hybridized carbons (Fsp3) is 0.647. The standard InChI is InChI=1S/C17H27N3O2S.2ClH/c1-17(2,23-3)15(18)16(21)20-9-6-14(7-10-20)22-12-13-5-4-8-19-11-13;;/h4-5,8,11,14-15H,6-7,9-10,12,18H2,1-3H3;2*1H/t15-;;/m1../s1. The van der Waals surface area contributed by atoms with Gasteiger partial charge in [-0.05, 0) is 44.6 Å². The monoisotopic (exact) mass is 409 g/mol. The predicted octanol–water partition coefficient (Wildman–Crippen LogP) is 2.90. The van der Waals surface area contributed by atoms with Crippen LogP contribution in [0.5, 0.6) is 0 Å². The van der Waals surface area contributed by atoms with E-state index in [2.05, 4.69) is 4.98 Å². The van der Waals surface area contributed by atoms with E-state index in [1.54, 1.807) is 18.0 Å². The van der Waals surface area contributed by atoms with Crippen molar-refractivity contribution in [1.82, 2.24) is 9.88 Å². The number of hydrogen-bond donors (Lipinski definition) is 1. The van der Waals surface area contributed by atoms with Gasteiger partial charge in [-0.15, -0.1) is 24.8 Å². The van der Waals surface area contributed by atoms with Crippen molar-refractivity contribution < 1.29 is 9.53 Å². The van der Waals surface area contributed by atoms with Gasteiger partial charge in [0, 0.05) is 30.2 Å². The molecule has 1 aliphatic heterocycles. The SMILES string of the molecule is CSC(C)(C)[C@H](N)C(=O)N1CCC(OCc2cccnc2)CC1.Cl.Cl. The summed E-state index contributed by atoms with van der Waals surface area (Å²) >= 11 is 1.63. The van der Waals surface area contributed by atoms with E-state index < -0.39 is 6.04 Å². The molecule has 1 amide bonds. The minimum absolute atomic E-state index is 0. The first-order valence-corrected chi connectivity index (χ1v) is 9.26. The van der Waals surface area contributed by atoms with Crippen molar-refractivity contribution in [2.75, 3.05) is 19.3 Å². The number of pyridine rings is 1. The zero-order valence-corrected chi connectivity index (χ0v) is 17.5. The molecule has 0 aliphatic carbocycles. The third-order valence-electron chi connectivity index (χ3n) is 4.50. The molecule has 2 heterocycles. The number of rotatable bonds is 6. The van der Waals surface area contributed by atoms with Crippen LogP contribution in [0.3, 0.4) is 0 Å². The average Bonchev–Trinajstić information content (AvgIpc) is 2.60. The lowest BCUT2D eigenvalue weighted by Crippen LogP contribution is -2.55.